The second-order valence-electron chi connectivity index (χ2n) is 3.24. The van der Waals surface area contributed by atoms with Crippen molar-refractivity contribution in [2.24, 2.45) is 0 Å². The largest absolute Gasteiger partial charge is 0.316 e. The molecule has 0 aliphatic carbocycles. The van der Waals surface area contributed by atoms with Crippen LogP contribution in [0.3, 0.4) is 0 Å². The summed E-state index contributed by atoms with van der Waals surface area (Å²) in [5.74, 6) is 0. The second-order valence-corrected chi connectivity index (χ2v) is 3.81. The van der Waals surface area contributed by atoms with Crippen molar-refractivity contribution >= 4 is 12.0 Å². The van der Waals surface area contributed by atoms with Gasteiger partial charge in [0.15, 0.2) is 0 Å². The van der Waals surface area contributed by atoms with Crippen LogP contribution in [0.25, 0.3) is 0 Å². The van der Waals surface area contributed by atoms with E-state index in [0.29, 0.717) is 0 Å². The Hall–Kier alpha value is 0.270. The molecule has 0 N–H and O–H groups in total. The van der Waals surface area contributed by atoms with E-state index in [0.717, 1.165) is 6.61 Å². The molecule has 0 spiro atoms. The summed E-state index contributed by atoms with van der Waals surface area (Å²) in [6, 6.07) is 0. The number of hydrogen-bond acceptors (Lipinski definition) is 3. The average Bonchev–Trinajstić information content (AvgIpc) is 2.14. The molecule has 0 saturated carbocycles. The van der Waals surface area contributed by atoms with E-state index in [1.807, 2.05) is 6.26 Å². The molecular weight excluding hydrogens is 170 g/mol. The Morgan fingerprint density at radius 3 is 2.67 bits per heavy atom. The third-order valence-electron chi connectivity index (χ3n) is 2.27. The molecule has 0 aromatic heterocycles. The molecule has 0 aromatic carbocycles. The van der Waals surface area contributed by atoms with Gasteiger partial charge < -0.3 is 9.08 Å². The standard InChI is InChI=1S/C9H19NOS/c1-12-11-9-5-8-10-6-3-2-4-7-10/h2-9H2,1H3. The summed E-state index contributed by atoms with van der Waals surface area (Å²) in [4.78, 5) is 2.55. The first kappa shape index (κ1) is 10.4. The van der Waals surface area contributed by atoms with Gasteiger partial charge in [-0.1, -0.05) is 6.42 Å². The van der Waals surface area contributed by atoms with Crippen LogP contribution in [0.15, 0.2) is 0 Å². The van der Waals surface area contributed by atoms with Crippen LogP contribution in [0, 0.1) is 0 Å². The molecule has 72 valence electrons. The summed E-state index contributed by atoms with van der Waals surface area (Å²) in [5, 5.41) is 0. The van der Waals surface area contributed by atoms with Gasteiger partial charge in [0.2, 0.25) is 0 Å². The van der Waals surface area contributed by atoms with Crippen LogP contribution in [0.1, 0.15) is 25.7 Å². The Labute approximate surface area is 79.9 Å². The first-order valence-electron chi connectivity index (χ1n) is 4.81. The number of likely N-dealkylation sites (tertiary alicyclic amines) is 1. The maximum atomic E-state index is 5.21. The molecule has 1 heterocycles. The topological polar surface area (TPSA) is 12.5 Å². The van der Waals surface area contributed by atoms with E-state index >= 15 is 0 Å². The predicted molar refractivity (Wildman–Crippen MR) is 54.4 cm³/mol. The molecule has 1 saturated heterocycles. The van der Waals surface area contributed by atoms with Crippen LogP contribution < -0.4 is 0 Å². The van der Waals surface area contributed by atoms with Gasteiger partial charge in [-0.25, -0.2) is 0 Å². The molecule has 1 fully saturated rings. The SMILES string of the molecule is CSOCCCN1CCCCC1. The Balaban J connectivity index is 1.91. The van der Waals surface area contributed by atoms with Crippen molar-refractivity contribution in [3.8, 4) is 0 Å². The molecule has 0 aromatic rings. The van der Waals surface area contributed by atoms with Crippen LogP contribution in [0.4, 0.5) is 0 Å². The van der Waals surface area contributed by atoms with Crippen molar-refractivity contribution in [1.29, 1.82) is 0 Å². The molecule has 2 nitrogen and oxygen atoms in total. The van der Waals surface area contributed by atoms with E-state index in [1.165, 1.54) is 57.4 Å². The molecule has 12 heavy (non-hydrogen) atoms. The lowest BCUT2D eigenvalue weighted by atomic mass is 10.1. The maximum Gasteiger partial charge on any atom is 0.0625 e. The molecule has 0 amide bonds. The summed E-state index contributed by atoms with van der Waals surface area (Å²) in [6.07, 6.45) is 7.37. The van der Waals surface area contributed by atoms with Gasteiger partial charge in [-0.3, -0.25) is 0 Å². The van der Waals surface area contributed by atoms with Crippen molar-refractivity contribution in [2.75, 3.05) is 32.5 Å². The summed E-state index contributed by atoms with van der Waals surface area (Å²) < 4.78 is 5.21. The fourth-order valence-corrected chi connectivity index (χ4v) is 1.90. The fourth-order valence-electron chi connectivity index (χ4n) is 1.61. The monoisotopic (exact) mass is 189 g/mol. The van der Waals surface area contributed by atoms with Crippen LogP contribution >= 0.6 is 12.0 Å². The summed E-state index contributed by atoms with van der Waals surface area (Å²) in [7, 11) is 0. The van der Waals surface area contributed by atoms with Crippen molar-refractivity contribution < 1.29 is 4.18 Å². The minimum atomic E-state index is 0.900. The van der Waals surface area contributed by atoms with Crippen molar-refractivity contribution in [3.63, 3.8) is 0 Å². The lowest BCUT2D eigenvalue weighted by molar-refractivity contribution is 0.211. The zero-order chi connectivity index (χ0) is 8.65. The van der Waals surface area contributed by atoms with Crippen LogP contribution in [-0.4, -0.2) is 37.4 Å². The van der Waals surface area contributed by atoms with Crippen molar-refractivity contribution in [1.82, 2.24) is 4.90 Å². The molecule has 0 unspecified atom stereocenters. The highest BCUT2D eigenvalue weighted by molar-refractivity contribution is 7.93. The summed E-state index contributed by atoms with van der Waals surface area (Å²) in [5.41, 5.74) is 0. The summed E-state index contributed by atoms with van der Waals surface area (Å²) in [6.45, 7) is 4.73. The molecule has 3 heteroatoms. The van der Waals surface area contributed by atoms with E-state index in [2.05, 4.69) is 4.90 Å². The minimum Gasteiger partial charge on any atom is -0.316 e. The maximum absolute atomic E-state index is 5.21. The molecule has 0 bridgehead atoms. The minimum absolute atomic E-state index is 0.900. The van der Waals surface area contributed by atoms with Gasteiger partial charge in [-0.2, -0.15) is 0 Å². The molecular formula is C9H19NOS. The zero-order valence-electron chi connectivity index (χ0n) is 7.92. The van der Waals surface area contributed by atoms with Crippen LogP contribution in [0.2, 0.25) is 0 Å². The second kappa shape index (κ2) is 6.75. The zero-order valence-corrected chi connectivity index (χ0v) is 8.74. The number of rotatable bonds is 5. The highest BCUT2D eigenvalue weighted by atomic mass is 32.2. The van der Waals surface area contributed by atoms with E-state index in [9.17, 15) is 0 Å². The molecule has 1 rings (SSSR count). The molecule has 0 radical (unpaired) electrons. The Morgan fingerprint density at radius 1 is 1.25 bits per heavy atom. The normalized spacial score (nSPS) is 19.8. The highest BCUT2D eigenvalue weighted by Crippen LogP contribution is 2.08. The van der Waals surface area contributed by atoms with E-state index in [1.54, 1.807) is 0 Å². The van der Waals surface area contributed by atoms with Gasteiger partial charge in [0.25, 0.3) is 0 Å². The Morgan fingerprint density at radius 2 is 2.00 bits per heavy atom. The first-order valence-corrected chi connectivity index (χ1v) is 5.96. The van der Waals surface area contributed by atoms with Crippen LogP contribution in [-0.2, 0) is 4.18 Å². The quantitative estimate of drug-likeness (QED) is 0.486. The van der Waals surface area contributed by atoms with Gasteiger partial charge in [-0.15, -0.1) is 0 Å². The van der Waals surface area contributed by atoms with E-state index < -0.39 is 0 Å². The lowest BCUT2D eigenvalue weighted by Crippen LogP contribution is -2.30. The smallest absolute Gasteiger partial charge is 0.0625 e. The van der Waals surface area contributed by atoms with Gasteiger partial charge in [0.05, 0.1) is 6.61 Å². The van der Waals surface area contributed by atoms with E-state index in [-0.39, 0.29) is 0 Å². The third-order valence-corrected chi connectivity index (χ3v) is 2.67. The fraction of sp³-hybridized carbons (Fsp3) is 1.00. The highest BCUT2D eigenvalue weighted by Gasteiger charge is 2.08. The van der Waals surface area contributed by atoms with E-state index in [4.69, 9.17) is 4.18 Å². The lowest BCUT2D eigenvalue weighted by Gasteiger charge is -2.25. The number of nitrogens with zero attached hydrogens (tertiary/aromatic N) is 1. The average molecular weight is 189 g/mol. The number of piperidine rings is 1. The predicted octanol–water partition coefficient (Wildman–Crippen LogP) is 2.16. The summed E-state index contributed by atoms with van der Waals surface area (Å²) >= 11 is 1.47. The third kappa shape index (κ3) is 4.33. The first-order chi connectivity index (χ1) is 5.93. The molecule has 0 atom stereocenters. The number of hydrogen-bond donors (Lipinski definition) is 0. The van der Waals surface area contributed by atoms with Crippen molar-refractivity contribution in [2.45, 2.75) is 25.7 Å². The Kier molecular flexibility index (Phi) is 5.82. The van der Waals surface area contributed by atoms with Gasteiger partial charge in [0, 0.05) is 12.8 Å². The van der Waals surface area contributed by atoms with Crippen LogP contribution in [0.5, 0.6) is 0 Å². The van der Waals surface area contributed by atoms with Gasteiger partial charge in [0.1, 0.15) is 0 Å². The Bertz CT molecular complexity index is 105. The van der Waals surface area contributed by atoms with Gasteiger partial charge >= 0.3 is 0 Å². The van der Waals surface area contributed by atoms with Crippen molar-refractivity contribution in [3.05, 3.63) is 0 Å². The van der Waals surface area contributed by atoms with Gasteiger partial charge in [-0.05, 0) is 44.4 Å². The molecule has 1 aliphatic rings. The molecule has 1 aliphatic heterocycles.